The second kappa shape index (κ2) is 8.91. The second-order valence-electron chi connectivity index (χ2n) is 6.54. The van der Waals surface area contributed by atoms with E-state index < -0.39 is 0 Å². The van der Waals surface area contributed by atoms with E-state index >= 15 is 0 Å². The number of nitrogens with zero attached hydrogens (tertiary/aromatic N) is 4. The molecule has 2 aliphatic rings. The van der Waals surface area contributed by atoms with E-state index in [1.54, 1.807) is 19.4 Å². The van der Waals surface area contributed by atoms with Crippen molar-refractivity contribution in [3.05, 3.63) is 29.8 Å². The van der Waals surface area contributed by atoms with Crippen LogP contribution in [0.25, 0.3) is 0 Å². The zero-order chi connectivity index (χ0) is 18.4. The number of hydrogen-bond acceptors (Lipinski definition) is 5. The molecule has 1 aromatic heterocycles. The van der Waals surface area contributed by atoms with Crippen molar-refractivity contribution in [2.75, 3.05) is 33.4 Å². The fourth-order valence-electron chi connectivity index (χ4n) is 3.34. The standard InChI is InChI=1S/C19H27N5O2/c1-3-4-9-21-19(20)23-17-6-5-16(18(22-17)25-2)14-7-10-24(11-8-14)15-12-26-13-15/h3-6,9,14-15H,7-8,10-13H2,1-2H3,(H2,20,22,23)/b4-3+,21-9+. The van der Waals surface area contributed by atoms with Crippen LogP contribution in [0.3, 0.4) is 0 Å². The third-order valence-electron chi connectivity index (χ3n) is 4.89. The van der Waals surface area contributed by atoms with E-state index in [0.717, 1.165) is 44.7 Å². The number of methoxy groups -OCH3 is 1. The van der Waals surface area contributed by atoms with E-state index in [2.05, 4.69) is 25.9 Å². The molecule has 0 spiro atoms. The number of allylic oxidation sites excluding steroid dienone is 2. The molecule has 2 saturated heterocycles. The molecule has 0 unspecified atom stereocenters. The highest BCUT2D eigenvalue weighted by Gasteiger charge is 2.31. The molecule has 140 valence electrons. The quantitative estimate of drug-likeness (QED) is 0.645. The summed E-state index contributed by atoms with van der Waals surface area (Å²) in [4.78, 5) is 15.3. The highest BCUT2D eigenvalue weighted by atomic mass is 16.5. The molecular formula is C19H27N5O2. The Bertz CT molecular complexity index is 689. The van der Waals surface area contributed by atoms with Gasteiger partial charge in [-0.2, -0.15) is 9.98 Å². The zero-order valence-electron chi connectivity index (χ0n) is 15.5. The minimum absolute atomic E-state index is 0.168. The van der Waals surface area contributed by atoms with Crippen LogP contribution in [0.1, 0.15) is 31.2 Å². The molecular weight excluding hydrogens is 330 g/mol. The van der Waals surface area contributed by atoms with Crippen LogP contribution in [0.15, 0.2) is 34.3 Å². The Morgan fingerprint density at radius 1 is 1.35 bits per heavy atom. The Kier molecular flexibility index (Phi) is 6.35. The molecule has 0 saturated carbocycles. The van der Waals surface area contributed by atoms with Gasteiger partial charge in [0.15, 0.2) is 5.82 Å². The average molecular weight is 357 g/mol. The summed E-state index contributed by atoms with van der Waals surface area (Å²) in [5.41, 5.74) is 6.95. The van der Waals surface area contributed by atoms with Crippen molar-refractivity contribution < 1.29 is 9.47 Å². The predicted molar refractivity (Wildman–Crippen MR) is 104 cm³/mol. The van der Waals surface area contributed by atoms with Crippen molar-refractivity contribution in [2.24, 2.45) is 15.7 Å². The first kappa shape index (κ1) is 18.5. The van der Waals surface area contributed by atoms with Crippen molar-refractivity contribution in [1.29, 1.82) is 0 Å². The molecule has 2 N–H and O–H groups in total. The van der Waals surface area contributed by atoms with Crippen molar-refractivity contribution in [3.63, 3.8) is 0 Å². The molecule has 3 rings (SSSR count). The fourth-order valence-corrected chi connectivity index (χ4v) is 3.34. The third-order valence-corrected chi connectivity index (χ3v) is 4.89. The summed E-state index contributed by atoms with van der Waals surface area (Å²) < 4.78 is 10.8. The minimum atomic E-state index is 0.168. The topological polar surface area (TPSA) is 85.3 Å². The smallest absolute Gasteiger partial charge is 0.221 e. The highest BCUT2D eigenvalue weighted by Crippen LogP contribution is 2.35. The fraction of sp³-hybridized carbons (Fsp3) is 0.526. The second-order valence-corrected chi connectivity index (χ2v) is 6.54. The molecule has 0 aliphatic carbocycles. The van der Waals surface area contributed by atoms with Gasteiger partial charge >= 0.3 is 0 Å². The van der Waals surface area contributed by atoms with Crippen LogP contribution in [0.5, 0.6) is 5.88 Å². The average Bonchev–Trinajstić information content (AvgIpc) is 2.61. The maximum Gasteiger partial charge on any atom is 0.221 e. The molecule has 7 heteroatoms. The summed E-state index contributed by atoms with van der Waals surface area (Å²) in [6.07, 6.45) is 7.48. The van der Waals surface area contributed by atoms with Gasteiger partial charge in [0.1, 0.15) is 0 Å². The van der Waals surface area contributed by atoms with Gasteiger partial charge in [-0.15, -0.1) is 0 Å². The number of nitrogens with two attached hydrogens (primary N) is 1. The van der Waals surface area contributed by atoms with Gasteiger partial charge in [0.25, 0.3) is 0 Å². The molecule has 0 aromatic carbocycles. The molecule has 3 heterocycles. The maximum absolute atomic E-state index is 5.80. The number of aliphatic imine (C=N–C) groups is 2. The molecule has 2 aliphatic heterocycles. The number of pyridine rings is 1. The summed E-state index contributed by atoms with van der Waals surface area (Å²) in [6.45, 7) is 5.85. The van der Waals surface area contributed by atoms with Gasteiger partial charge in [0.2, 0.25) is 11.8 Å². The molecule has 0 atom stereocenters. The zero-order valence-corrected chi connectivity index (χ0v) is 15.5. The Hall–Kier alpha value is -2.25. The Morgan fingerprint density at radius 2 is 2.12 bits per heavy atom. The number of likely N-dealkylation sites (tertiary alicyclic amines) is 1. The van der Waals surface area contributed by atoms with E-state index in [1.807, 2.05) is 19.1 Å². The summed E-state index contributed by atoms with van der Waals surface area (Å²) in [5, 5.41) is 0. The molecule has 0 radical (unpaired) electrons. The van der Waals surface area contributed by atoms with Crippen LogP contribution in [-0.2, 0) is 4.74 Å². The summed E-state index contributed by atoms with van der Waals surface area (Å²) >= 11 is 0. The molecule has 0 bridgehead atoms. The largest absolute Gasteiger partial charge is 0.481 e. The molecule has 0 amide bonds. The van der Waals surface area contributed by atoms with Crippen LogP contribution in [0, 0.1) is 0 Å². The highest BCUT2D eigenvalue weighted by molar-refractivity contribution is 5.90. The minimum Gasteiger partial charge on any atom is -0.481 e. The number of ether oxygens (including phenoxy) is 2. The van der Waals surface area contributed by atoms with E-state index in [9.17, 15) is 0 Å². The van der Waals surface area contributed by atoms with Crippen LogP contribution in [-0.4, -0.2) is 61.5 Å². The van der Waals surface area contributed by atoms with E-state index in [4.69, 9.17) is 15.2 Å². The van der Waals surface area contributed by atoms with Gasteiger partial charge in [-0.1, -0.05) is 6.08 Å². The lowest BCUT2D eigenvalue weighted by atomic mass is 9.89. The molecule has 7 nitrogen and oxygen atoms in total. The number of piperidine rings is 1. The van der Waals surface area contributed by atoms with Crippen molar-refractivity contribution >= 4 is 18.0 Å². The maximum atomic E-state index is 5.80. The van der Waals surface area contributed by atoms with Gasteiger partial charge in [-0.3, -0.25) is 4.90 Å². The van der Waals surface area contributed by atoms with Gasteiger partial charge in [0, 0.05) is 11.8 Å². The first-order valence-corrected chi connectivity index (χ1v) is 9.07. The lowest BCUT2D eigenvalue weighted by Gasteiger charge is -2.41. The van der Waals surface area contributed by atoms with Crippen LogP contribution < -0.4 is 10.5 Å². The Balaban J connectivity index is 1.68. The normalized spacial score (nSPS) is 20.8. The third kappa shape index (κ3) is 4.47. The van der Waals surface area contributed by atoms with Crippen LogP contribution in [0.4, 0.5) is 5.82 Å². The Morgan fingerprint density at radius 3 is 2.73 bits per heavy atom. The van der Waals surface area contributed by atoms with Gasteiger partial charge in [-0.05, 0) is 57.0 Å². The van der Waals surface area contributed by atoms with Crippen molar-refractivity contribution in [3.8, 4) is 5.88 Å². The molecule has 2 fully saturated rings. The summed E-state index contributed by atoms with van der Waals surface area (Å²) in [7, 11) is 1.65. The predicted octanol–water partition coefficient (Wildman–Crippen LogP) is 2.26. The van der Waals surface area contributed by atoms with E-state index in [0.29, 0.717) is 23.7 Å². The first-order chi connectivity index (χ1) is 12.7. The summed E-state index contributed by atoms with van der Waals surface area (Å²) in [5.74, 6) is 1.76. The van der Waals surface area contributed by atoms with Crippen LogP contribution >= 0.6 is 0 Å². The summed E-state index contributed by atoms with van der Waals surface area (Å²) in [6, 6.07) is 4.54. The molecule has 26 heavy (non-hydrogen) atoms. The van der Waals surface area contributed by atoms with Crippen molar-refractivity contribution in [2.45, 2.75) is 31.7 Å². The number of hydrogen-bond donors (Lipinski definition) is 1. The van der Waals surface area contributed by atoms with Gasteiger partial charge < -0.3 is 15.2 Å². The van der Waals surface area contributed by atoms with Gasteiger partial charge in [0.05, 0.1) is 26.4 Å². The number of guanidine groups is 1. The van der Waals surface area contributed by atoms with Crippen LogP contribution in [0.2, 0.25) is 0 Å². The number of aromatic nitrogens is 1. The van der Waals surface area contributed by atoms with E-state index in [-0.39, 0.29) is 5.96 Å². The lowest BCUT2D eigenvalue weighted by molar-refractivity contribution is -0.0713. The van der Waals surface area contributed by atoms with Crippen molar-refractivity contribution in [1.82, 2.24) is 9.88 Å². The van der Waals surface area contributed by atoms with Gasteiger partial charge in [-0.25, -0.2) is 4.99 Å². The Labute approximate surface area is 154 Å². The number of rotatable bonds is 5. The monoisotopic (exact) mass is 357 g/mol. The molecule has 1 aromatic rings. The van der Waals surface area contributed by atoms with E-state index in [1.165, 1.54) is 0 Å². The SMILES string of the molecule is C/C=C/C=N/C(N)=Nc1ccc(C2CCN(C3COC3)CC2)c(OC)n1. The first-order valence-electron chi connectivity index (χ1n) is 9.07. The lowest BCUT2D eigenvalue weighted by Crippen LogP contribution is -2.51.